The lowest BCUT2D eigenvalue weighted by atomic mass is 10.1. The summed E-state index contributed by atoms with van der Waals surface area (Å²) in [6, 6.07) is 20.4. The maximum atomic E-state index is 5.60. The molecule has 0 saturated heterocycles. The molecule has 2 aromatic carbocycles. The van der Waals surface area contributed by atoms with E-state index in [-0.39, 0.29) is 0 Å². The largest absolute Gasteiger partial charge is 0.405 e. The van der Waals surface area contributed by atoms with Gasteiger partial charge in [-0.05, 0) is 48.5 Å². The SMILES string of the molecule is Cc1nc(/C=C(\C=C/N)c2ccccc2)cn1-c1ccccc1. The molecule has 0 saturated carbocycles. The Bertz CT molecular complexity index is 828. The minimum atomic E-state index is 0.906. The summed E-state index contributed by atoms with van der Waals surface area (Å²) in [4.78, 5) is 4.65. The van der Waals surface area contributed by atoms with Gasteiger partial charge in [0.25, 0.3) is 0 Å². The fourth-order valence-electron chi connectivity index (χ4n) is 2.54. The van der Waals surface area contributed by atoms with Crippen LogP contribution in [-0.4, -0.2) is 9.55 Å². The quantitative estimate of drug-likeness (QED) is 0.734. The molecule has 3 rings (SSSR count). The van der Waals surface area contributed by atoms with E-state index in [1.807, 2.05) is 61.7 Å². The van der Waals surface area contributed by atoms with Crippen LogP contribution in [0.25, 0.3) is 17.3 Å². The van der Waals surface area contributed by atoms with Gasteiger partial charge in [0.15, 0.2) is 0 Å². The topological polar surface area (TPSA) is 43.8 Å². The fraction of sp³-hybridized carbons (Fsp3) is 0.0500. The summed E-state index contributed by atoms with van der Waals surface area (Å²) in [6.07, 6.45) is 7.54. The standard InChI is InChI=1S/C20H19N3/c1-16-22-19(15-23(16)20-10-6-3-7-11-20)14-18(12-13-21)17-8-4-2-5-9-17/h2-15H,21H2,1H3/b13-12-,18-14+. The third-order valence-corrected chi connectivity index (χ3v) is 3.62. The van der Waals surface area contributed by atoms with Crippen molar-refractivity contribution in [3.05, 3.63) is 96.2 Å². The van der Waals surface area contributed by atoms with Crippen LogP contribution >= 0.6 is 0 Å². The van der Waals surface area contributed by atoms with E-state index in [9.17, 15) is 0 Å². The van der Waals surface area contributed by atoms with Gasteiger partial charge >= 0.3 is 0 Å². The predicted molar refractivity (Wildman–Crippen MR) is 95.9 cm³/mol. The van der Waals surface area contributed by atoms with Crippen molar-refractivity contribution < 1.29 is 0 Å². The van der Waals surface area contributed by atoms with Crippen LogP contribution in [0.5, 0.6) is 0 Å². The molecule has 0 atom stereocenters. The lowest BCUT2D eigenvalue weighted by molar-refractivity contribution is 0.975. The number of rotatable bonds is 4. The van der Waals surface area contributed by atoms with Crippen LogP contribution in [0.4, 0.5) is 0 Å². The molecule has 3 nitrogen and oxygen atoms in total. The Morgan fingerprint density at radius 1 is 1.00 bits per heavy atom. The zero-order chi connectivity index (χ0) is 16.1. The van der Waals surface area contributed by atoms with E-state index >= 15 is 0 Å². The van der Waals surface area contributed by atoms with Crippen molar-refractivity contribution in [2.75, 3.05) is 0 Å². The summed E-state index contributed by atoms with van der Waals surface area (Å²) in [5.41, 5.74) is 9.76. The normalized spacial score (nSPS) is 12.0. The van der Waals surface area contributed by atoms with Gasteiger partial charge in [-0.1, -0.05) is 48.5 Å². The molecule has 0 aliphatic heterocycles. The Morgan fingerprint density at radius 3 is 2.30 bits per heavy atom. The number of hydrogen-bond donors (Lipinski definition) is 1. The number of aromatic nitrogens is 2. The molecule has 0 aliphatic rings. The summed E-state index contributed by atoms with van der Waals surface area (Å²) >= 11 is 0. The Hall–Kier alpha value is -3.07. The number of benzene rings is 2. The molecule has 1 aromatic heterocycles. The first-order valence-corrected chi connectivity index (χ1v) is 7.55. The lowest BCUT2D eigenvalue weighted by Crippen LogP contribution is -1.93. The number of nitrogens with zero attached hydrogens (tertiary/aromatic N) is 2. The van der Waals surface area contributed by atoms with Crippen molar-refractivity contribution in [1.82, 2.24) is 9.55 Å². The number of hydrogen-bond acceptors (Lipinski definition) is 2. The van der Waals surface area contributed by atoms with Crippen LogP contribution in [0, 0.1) is 6.92 Å². The second kappa shape index (κ2) is 6.79. The zero-order valence-corrected chi connectivity index (χ0v) is 13.1. The van der Waals surface area contributed by atoms with Crippen molar-refractivity contribution in [2.45, 2.75) is 6.92 Å². The first kappa shape index (κ1) is 14.9. The molecule has 0 aliphatic carbocycles. The van der Waals surface area contributed by atoms with Crippen LogP contribution in [0.3, 0.4) is 0 Å². The number of para-hydroxylation sites is 1. The first-order valence-electron chi connectivity index (χ1n) is 7.55. The van der Waals surface area contributed by atoms with Crippen molar-refractivity contribution >= 4 is 11.6 Å². The molecule has 0 unspecified atom stereocenters. The highest BCUT2D eigenvalue weighted by atomic mass is 15.1. The summed E-state index contributed by atoms with van der Waals surface area (Å²) in [6.45, 7) is 2.01. The van der Waals surface area contributed by atoms with Gasteiger partial charge < -0.3 is 10.3 Å². The van der Waals surface area contributed by atoms with E-state index in [1.54, 1.807) is 6.20 Å². The highest BCUT2D eigenvalue weighted by molar-refractivity contribution is 5.86. The monoisotopic (exact) mass is 301 g/mol. The summed E-state index contributed by atoms with van der Waals surface area (Å²) in [7, 11) is 0. The molecule has 0 bridgehead atoms. The smallest absolute Gasteiger partial charge is 0.110 e. The second-order valence-electron chi connectivity index (χ2n) is 5.24. The number of nitrogens with two attached hydrogens (primary N) is 1. The summed E-state index contributed by atoms with van der Waals surface area (Å²) in [5.74, 6) is 0.951. The molecule has 23 heavy (non-hydrogen) atoms. The minimum absolute atomic E-state index is 0.906. The molecule has 1 heterocycles. The maximum absolute atomic E-state index is 5.60. The second-order valence-corrected chi connectivity index (χ2v) is 5.24. The van der Waals surface area contributed by atoms with Gasteiger partial charge in [0.2, 0.25) is 0 Å². The minimum Gasteiger partial charge on any atom is -0.405 e. The van der Waals surface area contributed by atoms with Gasteiger partial charge in [0.1, 0.15) is 5.82 Å². The third-order valence-electron chi connectivity index (χ3n) is 3.62. The van der Waals surface area contributed by atoms with Crippen LogP contribution in [-0.2, 0) is 0 Å². The van der Waals surface area contributed by atoms with E-state index in [4.69, 9.17) is 5.73 Å². The number of allylic oxidation sites excluding steroid dienone is 2. The molecule has 0 fully saturated rings. The average Bonchev–Trinajstić information content (AvgIpc) is 2.96. The molecule has 3 aromatic rings. The third kappa shape index (κ3) is 3.40. The fourth-order valence-corrected chi connectivity index (χ4v) is 2.54. The molecule has 2 N–H and O–H groups in total. The van der Waals surface area contributed by atoms with Crippen LogP contribution in [0.1, 0.15) is 17.1 Å². The molecule has 0 amide bonds. The predicted octanol–water partition coefficient (Wildman–Crippen LogP) is 4.19. The molecule has 3 heteroatoms. The van der Waals surface area contributed by atoms with E-state index in [0.29, 0.717) is 0 Å². The Labute approximate surface area is 136 Å². The van der Waals surface area contributed by atoms with E-state index in [1.165, 1.54) is 0 Å². The molecule has 0 spiro atoms. The van der Waals surface area contributed by atoms with Gasteiger partial charge in [-0.2, -0.15) is 0 Å². The van der Waals surface area contributed by atoms with Gasteiger partial charge in [0, 0.05) is 11.9 Å². The van der Waals surface area contributed by atoms with Gasteiger partial charge in [-0.25, -0.2) is 4.98 Å². The lowest BCUT2D eigenvalue weighted by Gasteiger charge is -2.03. The van der Waals surface area contributed by atoms with Gasteiger partial charge in [0.05, 0.1) is 5.69 Å². The molecular weight excluding hydrogens is 282 g/mol. The van der Waals surface area contributed by atoms with Gasteiger partial charge in [-0.3, -0.25) is 0 Å². The Balaban J connectivity index is 2.01. The van der Waals surface area contributed by atoms with Crippen LogP contribution in [0.2, 0.25) is 0 Å². The van der Waals surface area contributed by atoms with Crippen molar-refractivity contribution in [3.8, 4) is 5.69 Å². The van der Waals surface area contributed by atoms with E-state index < -0.39 is 0 Å². The van der Waals surface area contributed by atoms with Crippen LogP contribution < -0.4 is 5.73 Å². The van der Waals surface area contributed by atoms with Crippen molar-refractivity contribution in [2.24, 2.45) is 5.73 Å². The Kier molecular flexibility index (Phi) is 4.39. The average molecular weight is 301 g/mol. The Morgan fingerprint density at radius 2 is 1.65 bits per heavy atom. The number of imidazole rings is 1. The number of aryl methyl sites for hydroxylation is 1. The zero-order valence-electron chi connectivity index (χ0n) is 13.1. The highest BCUT2D eigenvalue weighted by Gasteiger charge is 2.05. The molecule has 0 radical (unpaired) electrons. The van der Waals surface area contributed by atoms with Crippen molar-refractivity contribution in [3.63, 3.8) is 0 Å². The maximum Gasteiger partial charge on any atom is 0.110 e. The summed E-state index contributed by atoms with van der Waals surface area (Å²) < 4.78 is 2.08. The van der Waals surface area contributed by atoms with Crippen molar-refractivity contribution in [1.29, 1.82) is 0 Å². The van der Waals surface area contributed by atoms with E-state index in [2.05, 4.69) is 33.8 Å². The molecular formula is C20H19N3. The van der Waals surface area contributed by atoms with Gasteiger partial charge in [-0.15, -0.1) is 0 Å². The highest BCUT2D eigenvalue weighted by Crippen LogP contribution is 2.20. The first-order chi connectivity index (χ1) is 11.3. The van der Waals surface area contributed by atoms with Crippen LogP contribution in [0.15, 0.2) is 79.1 Å². The van der Waals surface area contributed by atoms with E-state index in [0.717, 1.165) is 28.3 Å². The molecule has 114 valence electrons. The summed E-state index contributed by atoms with van der Waals surface area (Å²) in [5, 5.41) is 0.